The molecule has 4 rings (SSSR count). The molecule has 0 unspecified atom stereocenters. The van der Waals surface area contributed by atoms with Crippen molar-refractivity contribution in [2.24, 2.45) is 7.05 Å². The molecule has 1 fully saturated rings. The van der Waals surface area contributed by atoms with Gasteiger partial charge in [-0.25, -0.2) is 4.98 Å². The van der Waals surface area contributed by atoms with Crippen LogP contribution in [0.4, 0.5) is 0 Å². The third-order valence-electron chi connectivity index (χ3n) is 5.76. The molecule has 7 nitrogen and oxygen atoms in total. The van der Waals surface area contributed by atoms with Gasteiger partial charge in [-0.05, 0) is 25.3 Å². The van der Waals surface area contributed by atoms with Crippen molar-refractivity contribution in [3.63, 3.8) is 0 Å². The van der Waals surface area contributed by atoms with Crippen molar-refractivity contribution in [1.82, 2.24) is 29.5 Å². The Kier molecular flexibility index (Phi) is 5.57. The van der Waals surface area contributed by atoms with Crippen LogP contribution in [0, 0.1) is 0 Å². The maximum absolute atomic E-state index is 12.2. The minimum atomic E-state index is 0.168. The summed E-state index contributed by atoms with van der Waals surface area (Å²) >= 11 is 0. The predicted octanol–water partition coefficient (Wildman–Crippen LogP) is 2.01. The fourth-order valence-electron chi connectivity index (χ4n) is 4.21. The number of rotatable bonds is 6. The van der Waals surface area contributed by atoms with Gasteiger partial charge in [-0.2, -0.15) is 5.10 Å². The van der Waals surface area contributed by atoms with Gasteiger partial charge in [0.25, 0.3) is 0 Å². The number of imidazole rings is 1. The first kappa shape index (κ1) is 18.2. The van der Waals surface area contributed by atoms with E-state index in [2.05, 4.69) is 30.5 Å². The number of hydrogen-bond donors (Lipinski definition) is 1. The quantitative estimate of drug-likeness (QED) is 0.845. The van der Waals surface area contributed by atoms with Crippen LogP contribution < -0.4 is 5.32 Å². The zero-order valence-corrected chi connectivity index (χ0v) is 16.2. The summed E-state index contributed by atoms with van der Waals surface area (Å²) < 4.78 is 4.21. The molecule has 27 heavy (non-hydrogen) atoms. The van der Waals surface area contributed by atoms with Crippen LogP contribution in [0.25, 0.3) is 0 Å². The number of aryl methyl sites for hydroxylation is 3. The fraction of sp³-hybridized carbons (Fsp3) is 0.650. The Morgan fingerprint density at radius 1 is 1.26 bits per heavy atom. The van der Waals surface area contributed by atoms with Gasteiger partial charge in [0.05, 0.1) is 17.9 Å². The maximum atomic E-state index is 12.2. The fourth-order valence-corrected chi connectivity index (χ4v) is 4.21. The number of aromatic nitrogens is 4. The normalized spacial score (nSPS) is 18.4. The van der Waals surface area contributed by atoms with E-state index < -0.39 is 0 Å². The van der Waals surface area contributed by atoms with E-state index in [4.69, 9.17) is 5.10 Å². The summed E-state index contributed by atoms with van der Waals surface area (Å²) in [6.45, 7) is 3.73. The summed E-state index contributed by atoms with van der Waals surface area (Å²) in [4.78, 5) is 19.0. The SMILES string of the molecule is Cn1ccnc1CN1CCCn2nc(CCC(=O)NC3CCCC3)cc2C1. The molecule has 1 N–H and O–H groups in total. The van der Waals surface area contributed by atoms with Crippen LogP contribution in [0.1, 0.15) is 55.7 Å². The van der Waals surface area contributed by atoms with Gasteiger partial charge < -0.3 is 9.88 Å². The van der Waals surface area contributed by atoms with E-state index in [1.54, 1.807) is 0 Å². The summed E-state index contributed by atoms with van der Waals surface area (Å²) in [5, 5.41) is 7.92. The molecule has 0 saturated heterocycles. The Balaban J connectivity index is 1.32. The number of nitrogens with one attached hydrogen (secondary N) is 1. The van der Waals surface area contributed by atoms with Gasteiger partial charge in [-0.15, -0.1) is 0 Å². The highest BCUT2D eigenvalue weighted by atomic mass is 16.1. The van der Waals surface area contributed by atoms with Crippen molar-refractivity contribution in [1.29, 1.82) is 0 Å². The lowest BCUT2D eigenvalue weighted by atomic mass is 10.2. The van der Waals surface area contributed by atoms with Gasteiger partial charge in [-0.1, -0.05) is 12.8 Å². The Hall–Kier alpha value is -2.15. The van der Waals surface area contributed by atoms with E-state index in [1.807, 2.05) is 19.4 Å². The zero-order valence-electron chi connectivity index (χ0n) is 16.2. The molecule has 0 spiro atoms. The molecular formula is C20H30N6O. The number of carbonyl (C=O) groups is 1. The second kappa shape index (κ2) is 8.25. The van der Waals surface area contributed by atoms with Crippen molar-refractivity contribution in [2.45, 2.75) is 70.6 Å². The van der Waals surface area contributed by atoms with Crippen LogP contribution in [-0.2, 0) is 37.9 Å². The highest BCUT2D eigenvalue weighted by Gasteiger charge is 2.20. The predicted molar refractivity (Wildman–Crippen MR) is 103 cm³/mol. The average molecular weight is 371 g/mol. The van der Waals surface area contributed by atoms with E-state index in [9.17, 15) is 4.79 Å². The van der Waals surface area contributed by atoms with Crippen LogP contribution in [0.5, 0.6) is 0 Å². The molecule has 2 aromatic heterocycles. The number of hydrogen-bond acceptors (Lipinski definition) is 4. The first-order valence-electron chi connectivity index (χ1n) is 10.2. The second-order valence-corrected chi connectivity index (χ2v) is 7.92. The van der Waals surface area contributed by atoms with Crippen LogP contribution in [0.15, 0.2) is 18.5 Å². The van der Waals surface area contributed by atoms with Crippen LogP contribution in [0.2, 0.25) is 0 Å². The van der Waals surface area contributed by atoms with Crippen molar-refractivity contribution in [3.05, 3.63) is 35.7 Å². The third-order valence-corrected chi connectivity index (χ3v) is 5.76. The topological polar surface area (TPSA) is 68.0 Å². The molecule has 2 aromatic rings. The van der Waals surface area contributed by atoms with Gasteiger partial charge >= 0.3 is 0 Å². The second-order valence-electron chi connectivity index (χ2n) is 7.92. The highest BCUT2D eigenvalue weighted by Crippen LogP contribution is 2.19. The number of amides is 1. The van der Waals surface area contributed by atoms with E-state index >= 15 is 0 Å². The Bertz CT molecular complexity index is 773. The summed E-state index contributed by atoms with van der Waals surface area (Å²) in [6, 6.07) is 2.58. The number of nitrogens with zero attached hydrogens (tertiary/aromatic N) is 5. The molecule has 1 amide bonds. The molecule has 0 bridgehead atoms. The van der Waals surface area contributed by atoms with Crippen LogP contribution in [-0.4, -0.2) is 42.7 Å². The Labute approximate surface area is 160 Å². The number of fused-ring (bicyclic) bond motifs is 1. The molecule has 0 aromatic carbocycles. The first-order chi connectivity index (χ1) is 13.2. The van der Waals surface area contributed by atoms with E-state index in [0.29, 0.717) is 12.5 Å². The summed E-state index contributed by atoms with van der Waals surface area (Å²) in [7, 11) is 2.04. The summed E-state index contributed by atoms with van der Waals surface area (Å²) in [5.41, 5.74) is 2.28. The Morgan fingerprint density at radius 3 is 2.89 bits per heavy atom. The Morgan fingerprint density at radius 2 is 2.11 bits per heavy atom. The third kappa shape index (κ3) is 4.58. The number of carbonyl (C=O) groups excluding carboxylic acids is 1. The smallest absolute Gasteiger partial charge is 0.220 e. The van der Waals surface area contributed by atoms with Gasteiger partial charge in [0, 0.05) is 58.0 Å². The van der Waals surface area contributed by atoms with Gasteiger partial charge in [-0.3, -0.25) is 14.4 Å². The monoisotopic (exact) mass is 370 g/mol. The molecule has 1 saturated carbocycles. The molecule has 146 valence electrons. The molecule has 0 radical (unpaired) electrons. The largest absolute Gasteiger partial charge is 0.353 e. The minimum Gasteiger partial charge on any atom is -0.353 e. The van der Waals surface area contributed by atoms with Crippen molar-refractivity contribution in [3.8, 4) is 0 Å². The molecule has 1 aliphatic carbocycles. The first-order valence-corrected chi connectivity index (χ1v) is 10.2. The van der Waals surface area contributed by atoms with E-state index in [0.717, 1.165) is 63.4 Å². The molecule has 1 aliphatic heterocycles. The average Bonchev–Trinajstić information content (AvgIpc) is 3.35. The maximum Gasteiger partial charge on any atom is 0.220 e. The lowest BCUT2D eigenvalue weighted by Gasteiger charge is -2.18. The lowest BCUT2D eigenvalue weighted by molar-refractivity contribution is -0.121. The standard InChI is InChI=1S/C20H30N6O/c1-24-12-9-21-19(24)15-25-10-4-11-26-18(14-25)13-17(23-26)7-8-20(27)22-16-5-2-3-6-16/h9,12-13,16H,2-8,10-11,14-15H2,1H3,(H,22,27). The van der Waals surface area contributed by atoms with Gasteiger partial charge in [0.1, 0.15) is 5.82 Å². The zero-order chi connectivity index (χ0) is 18.6. The van der Waals surface area contributed by atoms with Crippen molar-refractivity contribution < 1.29 is 4.79 Å². The van der Waals surface area contributed by atoms with Crippen LogP contribution in [0.3, 0.4) is 0 Å². The van der Waals surface area contributed by atoms with Crippen LogP contribution >= 0.6 is 0 Å². The molecular weight excluding hydrogens is 340 g/mol. The van der Waals surface area contributed by atoms with E-state index in [1.165, 1.54) is 18.5 Å². The molecule has 0 atom stereocenters. The van der Waals surface area contributed by atoms with Crippen molar-refractivity contribution in [2.75, 3.05) is 6.54 Å². The lowest BCUT2D eigenvalue weighted by Crippen LogP contribution is -2.32. The van der Waals surface area contributed by atoms with Gasteiger partial charge in [0.2, 0.25) is 5.91 Å². The van der Waals surface area contributed by atoms with Crippen molar-refractivity contribution >= 4 is 5.91 Å². The highest BCUT2D eigenvalue weighted by molar-refractivity contribution is 5.76. The van der Waals surface area contributed by atoms with E-state index in [-0.39, 0.29) is 5.91 Å². The molecule has 3 heterocycles. The minimum absolute atomic E-state index is 0.168. The molecule has 7 heteroatoms. The van der Waals surface area contributed by atoms with Gasteiger partial charge in [0.15, 0.2) is 0 Å². The molecule has 2 aliphatic rings. The summed E-state index contributed by atoms with van der Waals surface area (Å²) in [5.74, 6) is 1.26. The summed E-state index contributed by atoms with van der Waals surface area (Å²) in [6.07, 6.45) is 10.9.